The molecule has 0 spiro atoms. The van der Waals surface area contributed by atoms with Gasteiger partial charge in [-0.2, -0.15) is 0 Å². The Labute approximate surface area is 191 Å². The molecule has 4 aromatic rings. The maximum absolute atomic E-state index is 13.4. The molecular weight excluding hydrogens is 419 g/mol. The van der Waals surface area contributed by atoms with Gasteiger partial charge in [-0.25, -0.2) is 9.07 Å². The van der Waals surface area contributed by atoms with E-state index < -0.39 is 0 Å². The van der Waals surface area contributed by atoms with Crippen LogP contribution >= 0.6 is 0 Å². The van der Waals surface area contributed by atoms with Crippen LogP contribution in [-0.4, -0.2) is 43.2 Å². The monoisotopic (exact) mass is 446 g/mol. The standard InChI is InChI=1S/C25H27FN6O/c1-2-17-8-11-22-19(14-17)15-21(25(33)27-22)23(31-12-4-3-5-13-31)24-28-29-30-32(24)16-18-6-9-20(26)10-7-18/h6-11,14-15,23H,2-5,12-13,16H2,1H3,(H,27,33)/t23-/m0/s1. The first kappa shape index (κ1) is 21.5. The van der Waals surface area contributed by atoms with E-state index in [2.05, 4.69) is 38.4 Å². The number of aromatic nitrogens is 5. The Balaban J connectivity index is 1.61. The number of fused-ring (bicyclic) bond motifs is 1. The third-order valence-corrected chi connectivity index (χ3v) is 6.45. The zero-order valence-corrected chi connectivity index (χ0v) is 18.7. The van der Waals surface area contributed by atoms with E-state index in [1.54, 1.807) is 16.8 Å². The predicted molar refractivity (Wildman–Crippen MR) is 125 cm³/mol. The second-order valence-electron chi connectivity index (χ2n) is 8.65. The van der Waals surface area contributed by atoms with Crippen LogP contribution in [0.2, 0.25) is 0 Å². The normalized spacial score (nSPS) is 15.7. The molecule has 0 aliphatic carbocycles. The lowest BCUT2D eigenvalue weighted by Gasteiger charge is -2.33. The van der Waals surface area contributed by atoms with Crippen LogP contribution in [0.4, 0.5) is 4.39 Å². The first-order chi connectivity index (χ1) is 16.1. The number of likely N-dealkylation sites (tertiary alicyclic amines) is 1. The van der Waals surface area contributed by atoms with Crippen LogP contribution in [0.5, 0.6) is 0 Å². The fourth-order valence-corrected chi connectivity index (χ4v) is 4.65. The minimum absolute atomic E-state index is 0.126. The van der Waals surface area contributed by atoms with Crippen LogP contribution in [0.15, 0.2) is 53.3 Å². The molecule has 0 saturated carbocycles. The lowest BCUT2D eigenvalue weighted by atomic mass is 9.99. The molecule has 1 fully saturated rings. The van der Waals surface area contributed by atoms with E-state index in [1.165, 1.54) is 24.1 Å². The Morgan fingerprint density at radius 1 is 1.03 bits per heavy atom. The maximum atomic E-state index is 13.4. The fraction of sp³-hybridized carbons (Fsp3) is 0.360. The first-order valence-corrected chi connectivity index (χ1v) is 11.5. The van der Waals surface area contributed by atoms with Gasteiger partial charge >= 0.3 is 0 Å². The number of pyridine rings is 1. The van der Waals surface area contributed by atoms with Crippen molar-refractivity contribution in [1.29, 1.82) is 0 Å². The summed E-state index contributed by atoms with van der Waals surface area (Å²) in [6, 6.07) is 14.1. The Hall–Kier alpha value is -3.39. The van der Waals surface area contributed by atoms with Crippen molar-refractivity contribution < 1.29 is 4.39 Å². The van der Waals surface area contributed by atoms with Crippen LogP contribution < -0.4 is 5.56 Å². The molecule has 1 aliphatic rings. The average Bonchev–Trinajstić information content (AvgIpc) is 3.29. The van der Waals surface area contributed by atoms with Crippen molar-refractivity contribution in [3.05, 3.63) is 87.2 Å². The van der Waals surface area contributed by atoms with Gasteiger partial charge in [0.15, 0.2) is 5.82 Å². The van der Waals surface area contributed by atoms with Gasteiger partial charge in [0.25, 0.3) is 5.56 Å². The number of rotatable bonds is 6. The SMILES string of the molecule is CCc1ccc2[nH]c(=O)c([C@@H](c3nnnn3Cc3ccc(F)cc3)N3CCCCC3)cc2c1. The third-order valence-electron chi connectivity index (χ3n) is 6.45. The summed E-state index contributed by atoms with van der Waals surface area (Å²) in [5, 5.41) is 13.5. The van der Waals surface area contributed by atoms with Gasteiger partial charge in [0.05, 0.1) is 6.54 Å². The molecule has 33 heavy (non-hydrogen) atoms. The maximum Gasteiger partial charge on any atom is 0.253 e. The summed E-state index contributed by atoms with van der Waals surface area (Å²) in [6.07, 6.45) is 4.25. The minimum atomic E-state index is -0.362. The molecule has 7 nitrogen and oxygen atoms in total. The van der Waals surface area contributed by atoms with Crippen molar-refractivity contribution >= 4 is 10.9 Å². The number of aromatic amines is 1. The summed E-state index contributed by atoms with van der Waals surface area (Å²) in [4.78, 5) is 18.6. The smallest absolute Gasteiger partial charge is 0.253 e. The van der Waals surface area contributed by atoms with Gasteiger partial charge in [-0.05, 0) is 89.6 Å². The predicted octanol–water partition coefficient (Wildman–Crippen LogP) is 3.84. The number of tetrazole rings is 1. The van der Waals surface area contributed by atoms with Gasteiger partial charge < -0.3 is 4.98 Å². The molecule has 0 bridgehead atoms. The van der Waals surface area contributed by atoms with E-state index >= 15 is 0 Å². The second kappa shape index (κ2) is 9.23. The van der Waals surface area contributed by atoms with E-state index in [9.17, 15) is 9.18 Å². The number of H-pyrrole nitrogens is 1. The van der Waals surface area contributed by atoms with Gasteiger partial charge in [-0.15, -0.1) is 5.10 Å². The van der Waals surface area contributed by atoms with Crippen molar-refractivity contribution in [3.63, 3.8) is 0 Å². The summed E-state index contributed by atoms with van der Waals surface area (Å²) in [6.45, 7) is 4.27. The second-order valence-corrected chi connectivity index (χ2v) is 8.65. The molecule has 170 valence electrons. The van der Waals surface area contributed by atoms with Crippen molar-refractivity contribution in [2.75, 3.05) is 13.1 Å². The highest BCUT2D eigenvalue weighted by atomic mass is 19.1. The van der Waals surface area contributed by atoms with Gasteiger partial charge in [-0.1, -0.05) is 31.5 Å². The number of halogens is 1. The number of hydrogen-bond donors (Lipinski definition) is 1. The molecule has 3 heterocycles. The summed E-state index contributed by atoms with van der Waals surface area (Å²) < 4.78 is 15.1. The van der Waals surface area contributed by atoms with Crippen LogP contribution in [0, 0.1) is 5.82 Å². The van der Waals surface area contributed by atoms with E-state index in [-0.39, 0.29) is 17.4 Å². The molecule has 1 N–H and O–H groups in total. The van der Waals surface area contributed by atoms with E-state index in [4.69, 9.17) is 0 Å². The van der Waals surface area contributed by atoms with Crippen LogP contribution in [0.3, 0.4) is 0 Å². The molecule has 2 aromatic heterocycles. The molecule has 0 amide bonds. The van der Waals surface area contributed by atoms with Crippen molar-refractivity contribution in [2.24, 2.45) is 0 Å². The first-order valence-electron chi connectivity index (χ1n) is 11.5. The van der Waals surface area contributed by atoms with Gasteiger partial charge in [-0.3, -0.25) is 9.69 Å². The lowest BCUT2D eigenvalue weighted by Crippen LogP contribution is -2.38. The Kier molecular flexibility index (Phi) is 6.00. The van der Waals surface area contributed by atoms with Crippen LogP contribution in [0.25, 0.3) is 10.9 Å². The molecule has 5 rings (SSSR count). The summed E-state index contributed by atoms with van der Waals surface area (Å²) in [5.41, 5.74) is 3.45. The molecule has 1 atom stereocenters. The van der Waals surface area contributed by atoms with E-state index in [0.717, 1.165) is 48.8 Å². The van der Waals surface area contributed by atoms with Crippen LogP contribution in [0.1, 0.15) is 54.7 Å². The topological polar surface area (TPSA) is 79.7 Å². The number of aryl methyl sites for hydroxylation is 1. The summed E-state index contributed by atoms with van der Waals surface area (Å²) >= 11 is 0. The Morgan fingerprint density at radius 2 is 1.79 bits per heavy atom. The highest BCUT2D eigenvalue weighted by Crippen LogP contribution is 2.29. The van der Waals surface area contributed by atoms with Crippen molar-refractivity contribution in [3.8, 4) is 0 Å². The van der Waals surface area contributed by atoms with E-state index in [0.29, 0.717) is 17.9 Å². The highest BCUT2D eigenvalue weighted by Gasteiger charge is 2.31. The fourth-order valence-electron chi connectivity index (χ4n) is 4.65. The Morgan fingerprint density at radius 3 is 2.55 bits per heavy atom. The number of nitrogens with one attached hydrogen (secondary N) is 1. The minimum Gasteiger partial charge on any atom is -0.322 e. The number of nitrogens with zero attached hydrogens (tertiary/aromatic N) is 5. The largest absolute Gasteiger partial charge is 0.322 e. The van der Waals surface area contributed by atoms with E-state index in [1.807, 2.05) is 18.2 Å². The lowest BCUT2D eigenvalue weighted by molar-refractivity contribution is 0.177. The average molecular weight is 447 g/mol. The molecule has 0 radical (unpaired) electrons. The van der Waals surface area contributed by atoms with Gasteiger partial charge in [0, 0.05) is 11.1 Å². The third kappa shape index (κ3) is 4.43. The molecule has 2 aromatic carbocycles. The molecule has 0 unspecified atom stereocenters. The quantitative estimate of drug-likeness (QED) is 0.487. The molecule has 1 aliphatic heterocycles. The number of benzene rings is 2. The van der Waals surface area contributed by atoms with Gasteiger partial charge in [0.2, 0.25) is 0 Å². The van der Waals surface area contributed by atoms with Gasteiger partial charge in [0.1, 0.15) is 11.9 Å². The molecule has 8 heteroatoms. The van der Waals surface area contributed by atoms with Crippen LogP contribution in [-0.2, 0) is 13.0 Å². The molecule has 1 saturated heterocycles. The molecular formula is C25H27FN6O. The van der Waals surface area contributed by atoms with Crippen molar-refractivity contribution in [1.82, 2.24) is 30.1 Å². The van der Waals surface area contributed by atoms with Crippen molar-refractivity contribution in [2.45, 2.75) is 45.2 Å². The summed E-state index contributed by atoms with van der Waals surface area (Å²) in [5.74, 6) is 0.341. The summed E-state index contributed by atoms with van der Waals surface area (Å²) in [7, 11) is 0. The number of hydrogen-bond acceptors (Lipinski definition) is 5. The highest BCUT2D eigenvalue weighted by molar-refractivity contribution is 5.80. The zero-order chi connectivity index (χ0) is 22.8. The number of piperidine rings is 1. The zero-order valence-electron chi connectivity index (χ0n) is 18.7. The Bertz CT molecular complexity index is 1310.